The lowest BCUT2D eigenvalue weighted by molar-refractivity contribution is 0.161. The fourth-order valence-corrected chi connectivity index (χ4v) is 3.21. The Balaban J connectivity index is 2.05. The summed E-state index contributed by atoms with van der Waals surface area (Å²) in [4.78, 5) is 0. The molecule has 1 aromatic heterocycles. The second-order valence-corrected chi connectivity index (χ2v) is 6.88. The van der Waals surface area contributed by atoms with Gasteiger partial charge in [-0.3, -0.25) is 4.68 Å². The normalized spacial score (nSPS) is 21.5. The van der Waals surface area contributed by atoms with Gasteiger partial charge in [0, 0.05) is 24.8 Å². The van der Waals surface area contributed by atoms with Gasteiger partial charge < -0.3 is 5.32 Å². The maximum atomic E-state index is 4.35. The van der Waals surface area contributed by atoms with Gasteiger partial charge in [-0.1, -0.05) is 20.8 Å². The predicted octanol–water partition coefficient (Wildman–Crippen LogP) is 3.68. The maximum Gasteiger partial charge on any atom is 0.0537 e. The lowest BCUT2D eigenvalue weighted by Crippen LogP contribution is -2.33. The second kappa shape index (κ2) is 6.08. The highest BCUT2D eigenvalue weighted by molar-refractivity contribution is 5.12. The van der Waals surface area contributed by atoms with Crippen LogP contribution < -0.4 is 5.32 Å². The van der Waals surface area contributed by atoms with Crippen LogP contribution in [-0.2, 0) is 7.05 Å². The van der Waals surface area contributed by atoms with Gasteiger partial charge in [-0.05, 0) is 50.0 Å². The van der Waals surface area contributed by atoms with Crippen LogP contribution in [0.1, 0.15) is 64.5 Å². The van der Waals surface area contributed by atoms with E-state index in [9.17, 15) is 0 Å². The Morgan fingerprint density at radius 2 is 2.11 bits per heavy atom. The fraction of sp³-hybridized carbons (Fsp3) is 0.812. The van der Waals surface area contributed by atoms with Crippen molar-refractivity contribution in [3.05, 3.63) is 18.0 Å². The Kier molecular flexibility index (Phi) is 4.67. The minimum Gasteiger partial charge on any atom is -0.310 e. The van der Waals surface area contributed by atoms with Crippen LogP contribution in [0, 0.1) is 11.3 Å². The Hall–Kier alpha value is -0.830. The average molecular weight is 263 g/mol. The molecular formula is C16H29N3. The molecule has 2 rings (SSSR count). The van der Waals surface area contributed by atoms with Crippen molar-refractivity contribution in [2.75, 3.05) is 6.54 Å². The highest BCUT2D eigenvalue weighted by Gasteiger charge is 2.32. The van der Waals surface area contributed by atoms with E-state index in [2.05, 4.69) is 37.4 Å². The summed E-state index contributed by atoms with van der Waals surface area (Å²) >= 11 is 0. The summed E-state index contributed by atoms with van der Waals surface area (Å²) in [5.41, 5.74) is 1.90. The SMILES string of the molecule is CCCNC(c1cnn(C)c1)C1CCC(C)(C)CC1. The van der Waals surface area contributed by atoms with Gasteiger partial charge in [0.1, 0.15) is 0 Å². The zero-order chi connectivity index (χ0) is 13.9. The summed E-state index contributed by atoms with van der Waals surface area (Å²) in [7, 11) is 2.00. The number of rotatable bonds is 5. The molecule has 0 spiro atoms. The molecule has 1 fully saturated rings. The van der Waals surface area contributed by atoms with Crippen LogP contribution in [-0.4, -0.2) is 16.3 Å². The predicted molar refractivity (Wildman–Crippen MR) is 80.0 cm³/mol. The van der Waals surface area contributed by atoms with E-state index >= 15 is 0 Å². The number of nitrogens with one attached hydrogen (secondary N) is 1. The summed E-state index contributed by atoms with van der Waals surface area (Å²) in [6.45, 7) is 8.14. The topological polar surface area (TPSA) is 29.9 Å². The molecule has 3 heteroatoms. The molecule has 0 saturated heterocycles. The molecule has 1 aliphatic rings. The highest BCUT2D eigenvalue weighted by Crippen LogP contribution is 2.42. The minimum absolute atomic E-state index is 0.491. The highest BCUT2D eigenvalue weighted by atomic mass is 15.2. The third kappa shape index (κ3) is 3.82. The van der Waals surface area contributed by atoms with Crippen LogP contribution in [0.25, 0.3) is 0 Å². The Bertz CT molecular complexity index is 384. The Labute approximate surface area is 117 Å². The molecule has 0 bridgehead atoms. The van der Waals surface area contributed by atoms with Crippen LogP contribution >= 0.6 is 0 Å². The molecule has 1 aromatic rings. The molecule has 1 heterocycles. The van der Waals surface area contributed by atoms with E-state index in [1.165, 1.54) is 37.7 Å². The third-order valence-electron chi connectivity index (χ3n) is 4.55. The average Bonchev–Trinajstić information content (AvgIpc) is 2.78. The zero-order valence-corrected chi connectivity index (χ0v) is 12.9. The van der Waals surface area contributed by atoms with E-state index in [-0.39, 0.29) is 0 Å². The first-order valence-corrected chi connectivity index (χ1v) is 7.74. The summed E-state index contributed by atoms with van der Waals surface area (Å²) in [6, 6.07) is 0.491. The standard InChI is InChI=1S/C16H29N3/c1-5-10-17-15(14-11-18-19(4)12-14)13-6-8-16(2,3)9-7-13/h11-13,15,17H,5-10H2,1-4H3. The number of hydrogen-bond donors (Lipinski definition) is 1. The molecule has 19 heavy (non-hydrogen) atoms. The number of nitrogens with zero attached hydrogens (tertiary/aromatic N) is 2. The zero-order valence-electron chi connectivity index (χ0n) is 12.9. The van der Waals surface area contributed by atoms with Crippen LogP contribution in [0.3, 0.4) is 0 Å². The number of aryl methyl sites for hydroxylation is 1. The molecule has 108 valence electrons. The lowest BCUT2D eigenvalue weighted by Gasteiger charge is -2.38. The van der Waals surface area contributed by atoms with Gasteiger partial charge in [-0.2, -0.15) is 5.10 Å². The molecule has 1 aliphatic carbocycles. The van der Waals surface area contributed by atoms with E-state index < -0.39 is 0 Å². The molecular weight excluding hydrogens is 234 g/mol. The molecule has 3 nitrogen and oxygen atoms in total. The van der Waals surface area contributed by atoms with Crippen molar-refractivity contribution in [2.24, 2.45) is 18.4 Å². The van der Waals surface area contributed by atoms with Gasteiger partial charge >= 0.3 is 0 Å². The summed E-state index contributed by atoms with van der Waals surface area (Å²) < 4.78 is 1.92. The van der Waals surface area contributed by atoms with Gasteiger partial charge in [0.05, 0.1) is 6.20 Å². The van der Waals surface area contributed by atoms with Gasteiger partial charge in [-0.25, -0.2) is 0 Å². The van der Waals surface area contributed by atoms with E-state index in [1.807, 2.05) is 17.9 Å². The maximum absolute atomic E-state index is 4.35. The fourth-order valence-electron chi connectivity index (χ4n) is 3.21. The van der Waals surface area contributed by atoms with Gasteiger partial charge in [0.15, 0.2) is 0 Å². The van der Waals surface area contributed by atoms with Gasteiger partial charge in [0.2, 0.25) is 0 Å². The first-order chi connectivity index (χ1) is 9.02. The van der Waals surface area contributed by atoms with E-state index in [4.69, 9.17) is 0 Å². The molecule has 0 amide bonds. The van der Waals surface area contributed by atoms with Crippen LogP contribution in [0.2, 0.25) is 0 Å². The Morgan fingerprint density at radius 1 is 1.42 bits per heavy atom. The van der Waals surface area contributed by atoms with Crippen molar-refractivity contribution < 1.29 is 0 Å². The molecule has 1 unspecified atom stereocenters. The molecule has 0 radical (unpaired) electrons. The van der Waals surface area contributed by atoms with Crippen LogP contribution in [0.4, 0.5) is 0 Å². The van der Waals surface area contributed by atoms with Crippen molar-refractivity contribution >= 4 is 0 Å². The van der Waals surface area contributed by atoms with E-state index in [0.717, 1.165) is 12.5 Å². The number of aromatic nitrogens is 2. The molecule has 1 N–H and O–H groups in total. The number of hydrogen-bond acceptors (Lipinski definition) is 2. The lowest BCUT2D eigenvalue weighted by atomic mass is 9.70. The third-order valence-corrected chi connectivity index (χ3v) is 4.55. The monoisotopic (exact) mass is 263 g/mol. The van der Waals surface area contributed by atoms with Crippen molar-refractivity contribution in [3.8, 4) is 0 Å². The van der Waals surface area contributed by atoms with Crippen LogP contribution in [0.15, 0.2) is 12.4 Å². The Morgan fingerprint density at radius 3 is 2.63 bits per heavy atom. The van der Waals surface area contributed by atoms with Gasteiger partial charge in [0.25, 0.3) is 0 Å². The van der Waals surface area contributed by atoms with E-state index in [0.29, 0.717) is 11.5 Å². The second-order valence-electron chi connectivity index (χ2n) is 6.88. The van der Waals surface area contributed by atoms with Crippen molar-refractivity contribution in [2.45, 2.75) is 58.9 Å². The first-order valence-electron chi connectivity index (χ1n) is 7.74. The molecule has 0 aliphatic heterocycles. The summed E-state index contributed by atoms with van der Waals surface area (Å²) in [5.74, 6) is 0.767. The quantitative estimate of drug-likeness (QED) is 0.878. The van der Waals surface area contributed by atoms with E-state index in [1.54, 1.807) is 0 Å². The van der Waals surface area contributed by atoms with Crippen molar-refractivity contribution in [1.82, 2.24) is 15.1 Å². The van der Waals surface area contributed by atoms with Crippen molar-refractivity contribution in [1.29, 1.82) is 0 Å². The molecule has 0 aromatic carbocycles. The van der Waals surface area contributed by atoms with Crippen molar-refractivity contribution in [3.63, 3.8) is 0 Å². The summed E-state index contributed by atoms with van der Waals surface area (Å²) in [5, 5.41) is 8.09. The minimum atomic E-state index is 0.491. The first kappa shape index (κ1) is 14.6. The largest absolute Gasteiger partial charge is 0.310 e. The van der Waals surface area contributed by atoms with Gasteiger partial charge in [-0.15, -0.1) is 0 Å². The van der Waals surface area contributed by atoms with Crippen LogP contribution in [0.5, 0.6) is 0 Å². The molecule has 1 atom stereocenters. The smallest absolute Gasteiger partial charge is 0.0537 e. The summed E-state index contributed by atoms with van der Waals surface area (Å²) in [6.07, 6.45) is 10.8. The molecule has 1 saturated carbocycles.